The number of piperazine rings is 1. The maximum Gasteiger partial charge on any atom is 0.243 e. The van der Waals surface area contributed by atoms with E-state index in [0.717, 1.165) is 17.0 Å². The summed E-state index contributed by atoms with van der Waals surface area (Å²) in [6, 6.07) is 6.71. The van der Waals surface area contributed by atoms with E-state index in [1.165, 1.54) is 23.5 Å². The molecule has 9 heteroatoms. The van der Waals surface area contributed by atoms with Crippen LogP contribution in [0.15, 0.2) is 29.2 Å². The normalized spacial score (nSPS) is 16.1. The van der Waals surface area contributed by atoms with Crippen LogP contribution in [-0.4, -0.2) is 67.8 Å². The van der Waals surface area contributed by atoms with Gasteiger partial charge in [0.25, 0.3) is 0 Å². The van der Waals surface area contributed by atoms with Crippen LogP contribution in [0.4, 0.5) is 0 Å². The van der Waals surface area contributed by atoms with Crippen LogP contribution in [0.2, 0.25) is 5.02 Å². The molecule has 1 aliphatic heterocycles. The van der Waals surface area contributed by atoms with E-state index in [1.807, 2.05) is 24.8 Å². The van der Waals surface area contributed by atoms with Gasteiger partial charge in [0, 0.05) is 49.2 Å². The van der Waals surface area contributed by atoms with Gasteiger partial charge in [0.15, 0.2) is 5.78 Å². The number of carbonyl (C=O) groups excluding carboxylic acids is 1. The van der Waals surface area contributed by atoms with Gasteiger partial charge in [-0.25, -0.2) is 8.42 Å². The first-order chi connectivity index (χ1) is 14.6. The van der Waals surface area contributed by atoms with Crippen LogP contribution in [-0.2, 0) is 10.0 Å². The highest BCUT2D eigenvalue weighted by atomic mass is 35.5. The summed E-state index contributed by atoms with van der Waals surface area (Å²) in [5.41, 5.74) is 2.80. The van der Waals surface area contributed by atoms with Crippen LogP contribution >= 0.6 is 11.6 Å². The molecule has 0 unspecified atom stereocenters. The molecule has 1 aromatic carbocycles. The molecule has 7 nitrogen and oxygen atoms in total. The average Bonchev–Trinajstić information content (AvgIpc) is 3.02. The molecule has 0 saturated carbocycles. The van der Waals surface area contributed by atoms with Crippen molar-refractivity contribution >= 4 is 27.4 Å². The SMILES string of the molecule is COc1ccc(S(=O)(=O)N2CCN(CC(=O)c3cc(C)n(C(C)C)c3C)CC2)cc1Cl. The van der Waals surface area contributed by atoms with E-state index in [0.29, 0.717) is 38.0 Å². The second kappa shape index (κ2) is 9.32. The van der Waals surface area contributed by atoms with Crippen LogP contribution < -0.4 is 4.74 Å². The maximum atomic E-state index is 13.0. The standard InChI is InChI=1S/C22H30ClN3O4S/c1-15(2)26-16(3)12-19(17(26)4)21(27)14-24-8-10-25(11-9-24)31(28,29)18-6-7-22(30-5)20(23)13-18/h6-7,12-13,15H,8-11,14H2,1-5H3. The lowest BCUT2D eigenvalue weighted by atomic mass is 10.1. The minimum absolute atomic E-state index is 0.0678. The summed E-state index contributed by atoms with van der Waals surface area (Å²) in [5.74, 6) is 0.499. The van der Waals surface area contributed by atoms with E-state index in [-0.39, 0.29) is 22.2 Å². The molecule has 31 heavy (non-hydrogen) atoms. The van der Waals surface area contributed by atoms with Gasteiger partial charge in [0.2, 0.25) is 10.0 Å². The van der Waals surface area contributed by atoms with E-state index < -0.39 is 10.0 Å². The number of benzene rings is 1. The van der Waals surface area contributed by atoms with Crippen molar-refractivity contribution in [2.75, 3.05) is 39.8 Å². The van der Waals surface area contributed by atoms with Gasteiger partial charge in [-0.05, 0) is 52.0 Å². The van der Waals surface area contributed by atoms with Crippen LogP contribution in [0, 0.1) is 13.8 Å². The monoisotopic (exact) mass is 467 g/mol. The fourth-order valence-electron chi connectivity index (χ4n) is 4.23. The molecular formula is C22H30ClN3O4S. The number of carbonyl (C=O) groups is 1. The molecule has 0 bridgehead atoms. The summed E-state index contributed by atoms with van der Waals surface area (Å²) in [7, 11) is -2.17. The molecule has 2 aromatic rings. The number of aromatic nitrogens is 1. The van der Waals surface area contributed by atoms with Gasteiger partial charge in [-0.3, -0.25) is 9.69 Å². The van der Waals surface area contributed by atoms with E-state index in [1.54, 1.807) is 6.07 Å². The van der Waals surface area contributed by atoms with Gasteiger partial charge in [0.05, 0.1) is 23.6 Å². The second-order valence-corrected chi connectivity index (χ2v) is 10.5. The van der Waals surface area contributed by atoms with Gasteiger partial charge in [-0.15, -0.1) is 0 Å². The number of Topliss-reactive ketones (excluding diaryl/α,β-unsaturated/α-hetero) is 1. The molecule has 2 heterocycles. The zero-order valence-corrected chi connectivity index (χ0v) is 20.3. The topological polar surface area (TPSA) is 71.9 Å². The number of nitrogens with zero attached hydrogens (tertiary/aromatic N) is 3. The van der Waals surface area contributed by atoms with Crippen molar-refractivity contribution in [2.24, 2.45) is 0 Å². The number of methoxy groups -OCH3 is 1. The lowest BCUT2D eigenvalue weighted by molar-refractivity contribution is 0.0901. The molecule has 1 aliphatic rings. The zero-order valence-electron chi connectivity index (χ0n) is 18.7. The average molecular weight is 468 g/mol. The van der Waals surface area contributed by atoms with E-state index in [2.05, 4.69) is 18.4 Å². The summed E-state index contributed by atoms with van der Waals surface area (Å²) < 4.78 is 34.7. The Hall–Kier alpha value is -1.87. The van der Waals surface area contributed by atoms with Crippen molar-refractivity contribution in [3.8, 4) is 5.75 Å². The number of halogens is 1. The molecular weight excluding hydrogens is 438 g/mol. The fourth-order valence-corrected chi connectivity index (χ4v) is 6.00. The number of sulfonamides is 1. The molecule has 1 aromatic heterocycles. The summed E-state index contributed by atoms with van der Waals surface area (Å²) in [6.45, 7) is 10.1. The number of hydrogen-bond donors (Lipinski definition) is 0. The van der Waals surface area contributed by atoms with E-state index >= 15 is 0 Å². The first-order valence-electron chi connectivity index (χ1n) is 10.3. The Bertz CT molecular complexity index is 1070. The molecule has 0 N–H and O–H groups in total. The largest absolute Gasteiger partial charge is 0.495 e. The lowest BCUT2D eigenvalue weighted by Gasteiger charge is -2.33. The Morgan fingerprint density at radius 1 is 1.13 bits per heavy atom. The summed E-state index contributed by atoms with van der Waals surface area (Å²) in [5, 5.41) is 0.256. The van der Waals surface area contributed by atoms with Gasteiger partial charge < -0.3 is 9.30 Å². The molecule has 0 spiro atoms. The molecule has 1 saturated heterocycles. The summed E-state index contributed by atoms with van der Waals surface area (Å²) in [6.07, 6.45) is 0. The minimum Gasteiger partial charge on any atom is -0.495 e. The van der Waals surface area contributed by atoms with Gasteiger partial charge in [0.1, 0.15) is 5.75 Å². The van der Waals surface area contributed by atoms with Crippen LogP contribution in [0.5, 0.6) is 5.75 Å². The Balaban J connectivity index is 1.65. The third kappa shape index (κ3) is 4.82. The predicted octanol–water partition coefficient (Wildman–Crippen LogP) is 3.54. The molecule has 0 radical (unpaired) electrons. The number of hydrogen-bond acceptors (Lipinski definition) is 5. The summed E-state index contributed by atoms with van der Waals surface area (Å²) in [4.78, 5) is 15.1. The minimum atomic E-state index is -3.65. The highest BCUT2D eigenvalue weighted by Gasteiger charge is 2.30. The van der Waals surface area contributed by atoms with Gasteiger partial charge in [-0.1, -0.05) is 11.6 Å². The lowest BCUT2D eigenvalue weighted by Crippen LogP contribution is -2.49. The highest BCUT2D eigenvalue weighted by molar-refractivity contribution is 7.89. The Morgan fingerprint density at radius 3 is 2.29 bits per heavy atom. The number of aryl methyl sites for hydroxylation is 1. The third-order valence-corrected chi connectivity index (χ3v) is 7.95. The van der Waals surface area contributed by atoms with Crippen molar-refractivity contribution in [1.29, 1.82) is 0 Å². The fraction of sp³-hybridized carbons (Fsp3) is 0.500. The van der Waals surface area contributed by atoms with Crippen molar-refractivity contribution in [2.45, 2.75) is 38.6 Å². The number of ketones is 1. The molecule has 0 aliphatic carbocycles. The van der Waals surface area contributed by atoms with Crippen molar-refractivity contribution in [1.82, 2.24) is 13.8 Å². The van der Waals surface area contributed by atoms with Crippen LogP contribution in [0.3, 0.4) is 0 Å². The highest BCUT2D eigenvalue weighted by Crippen LogP contribution is 2.29. The smallest absolute Gasteiger partial charge is 0.243 e. The van der Waals surface area contributed by atoms with Crippen molar-refractivity contribution in [3.05, 3.63) is 46.2 Å². The molecule has 1 fully saturated rings. The Kier molecular flexibility index (Phi) is 7.15. The van der Waals surface area contributed by atoms with Crippen molar-refractivity contribution < 1.29 is 17.9 Å². The van der Waals surface area contributed by atoms with Crippen LogP contribution in [0.25, 0.3) is 0 Å². The first kappa shape index (κ1) is 23.8. The Morgan fingerprint density at radius 2 is 1.77 bits per heavy atom. The van der Waals surface area contributed by atoms with E-state index in [9.17, 15) is 13.2 Å². The molecule has 0 atom stereocenters. The van der Waals surface area contributed by atoms with Gasteiger partial charge in [-0.2, -0.15) is 4.31 Å². The first-order valence-corrected chi connectivity index (χ1v) is 12.2. The molecule has 170 valence electrons. The Labute approximate surface area is 189 Å². The quantitative estimate of drug-likeness (QED) is 0.582. The predicted molar refractivity (Wildman–Crippen MR) is 122 cm³/mol. The molecule has 0 amide bonds. The van der Waals surface area contributed by atoms with E-state index in [4.69, 9.17) is 16.3 Å². The second-order valence-electron chi connectivity index (χ2n) is 8.15. The van der Waals surface area contributed by atoms with Crippen molar-refractivity contribution in [3.63, 3.8) is 0 Å². The van der Waals surface area contributed by atoms with Gasteiger partial charge >= 0.3 is 0 Å². The zero-order chi connectivity index (χ0) is 22.9. The number of ether oxygens (including phenoxy) is 1. The molecule has 3 rings (SSSR count). The maximum absolute atomic E-state index is 13.0. The summed E-state index contributed by atoms with van der Waals surface area (Å²) >= 11 is 6.10. The third-order valence-electron chi connectivity index (χ3n) is 5.76. The van der Waals surface area contributed by atoms with Crippen LogP contribution in [0.1, 0.15) is 41.6 Å². The number of rotatable bonds is 7.